The van der Waals surface area contributed by atoms with Gasteiger partial charge in [-0.2, -0.15) is 0 Å². The zero-order valence-corrected chi connectivity index (χ0v) is 10.5. The Morgan fingerprint density at radius 2 is 2.11 bits per heavy atom. The Labute approximate surface area is 112 Å². The van der Waals surface area contributed by atoms with Crippen molar-refractivity contribution >= 4 is 28.6 Å². The van der Waals surface area contributed by atoms with Gasteiger partial charge in [-0.25, -0.2) is 15.0 Å². The van der Waals surface area contributed by atoms with Gasteiger partial charge in [-0.3, -0.25) is 4.57 Å². The molecular weight excluding hydrogens is 274 g/mol. The zero-order chi connectivity index (χ0) is 13.6. The normalized spacial score (nSPS) is 31.1. The van der Waals surface area contributed by atoms with Crippen LogP contribution in [0.4, 0.5) is 5.82 Å². The summed E-state index contributed by atoms with van der Waals surface area (Å²) in [6.45, 7) is 0. The number of alkyl halides is 1. The molecule has 0 radical (unpaired) electrons. The van der Waals surface area contributed by atoms with Crippen molar-refractivity contribution in [1.82, 2.24) is 19.5 Å². The molecule has 0 amide bonds. The summed E-state index contributed by atoms with van der Waals surface area (Å²) >= 11 is 5.67. The van der Waals surface area contributed by atoms with E-state index >= 15 is 0 Å². The Balaban J connectivity index is 2.04. The van der Waals surface area contributed by atoms with Crippen LogP contribution in [0.5, 0.6) is 0 Å². The Kier molecular flexibility index (Phi) is 3.02. The summed E-state index contributed by atoms with van der Waals surface area (Å²) in [7, 11) is 0. The average molecular weight is 286 g/mol. The topological polar surface area (TPSA) is 119 Å². The van der Waals surface area contributed by atoms with Crippen molar-refractivity contribution in [2.24, 2.45) is 0 Å². The van der Waals surface area contributed by atoms with Crippen molar-refractivity contribution < 1.29 is 14.9 Å². The summed E-state index contributed by atoms with van der Waals surface area (Å²) in [5, 5.41) is 19.8. The number of aromatic nitrogens is 4. The largest absolute Gasteiger partial charge is 0.387 e. The van der Waals surface area contributed by atoms with E-state index in [1.807, 2.05) is 0 Å². The number of ether oxygens (including phenoxy) is 1. The fourth-order valence-corrected chi connectivity index (χ4v) is 2.40. The van der Waals surface area contributed by atoms with Crippen molar-refractivity contribution in [3.63, 3.8) is 0 Å². The number of nitrogens with zero attached hydrogens (tertiary/aromatic N) is 4. The lowest BCUT2D eigenvalue weighted by Crippen LogP contribution is -2.32. The summed E-state index contributed by atoms with van der Waals surface area (Å²) in [5.41, 5.74) is 6.53. The monoisotopic (exact) mass is 285 g/mol. The van der Waals surface area contributed by atoms with Gasteiger partial charge in [0, 0.05) is 0 Å². The average Bonchev–Trinajstić information content (AvgIpc) is 2.94. The highest BCUT2D eigenvalue weighted by atomic mass is 35.5. The van der Waals surface area contributed by atoms with Gasteiger partial charge in [0.2, 0.25) is 0 Å². The first-order valence-corrected chi connectivity index (χ1v) is 6.17. The van der Waals surface area contributed by atoms with Crippen LogP contribution in [0, 0.1) is 0 Å². The third-order valence-electron chi connectivity index (χ3n) is 3.15. The quantitative estimate of drug-likeness (QED) is 0.622. The van der Waals surface area contributed by atoms with Crippen LogP contribution in [-0.2, 0) is 4.74 Å². The van der Waals surface area contributed by atoms with Crippen LogP contribution in [0.1, 0.15) is 6.23 Å². The summed E-state index contributed by atoms with van der Waals surface area (Å²) < 4.78 is 7.03. The van der Waals surface area contributed by atoms with Crippen LogP contribution < -0.4 is 5.73 Å². The number of anilines is 1. The van der Waals surface area contributed by atoms with E-state index in [-0.39, 0.29) is 11.7 Å². The lowest BCUT2D eigenvalue weighted by atomic mass is 10.1. The highest BCUT2D eigenvalue weighted by Crippen LogP contribution is 2.32. The van der Waals surface area contributed by atoms with Gasteiger partial charge < -0.3 is 20.7 Å². The van der Waals surface area contributed by atoms with Crippen molar-refractivity contribution in [2.75, 3.05) is 11.6 Å². The van der Waals surface area contributed by atoms with Gasteiger partial charge in [0.25, 0.3) is 0 Å². The first-order chi connectivity index (χ1) is 9.13. The van der Waals surface area contributed by atoms with E-state index < -0.39 is 24.5 Å². The number of hydrogen-bond donors (Lipinski definition) is 3. The Morgan fingerprint density at radius 3 is 2.79 bits per heavy atom. The molecule has 0 saturated carbocycles. The molecule has 0 aliphatic carbocycles. The first kappa shape index (κ1) is 12.5. The minimum Gasteiger partial charge on any atom is -0.387 e. The van der Waals surface area contributed by atoms with Crippen molar-refractivity contribution in [3.8, 4) is 0 Å². The molecular formula is C10H12ClN5O3. The molecule has 0 spiro atoms. The van der Waals surface area contributed by atoms with Crippen LogP contribution in [-0.4, -0.2) is 53.9 Å². The minimum atomic E-state index is -1.11. The lowest BCUT2D eigenvalue weighted by molar-refractivity contribution is -0.0291. The molecule has 0 bridgehead atoms. The molecule has 1 saturated heterocycles. The Hall–Kier alpha value is -1.48. The van der Waals surface area contributed by atoms with Gasteiger partial charge >= 0.3 is 0 Å². The smallest absolute Gasteiger partial charge is 0.167 e. The van der Waals surface area contributed by atoms with Gasteiger partial charge in [-0.1, -0.05) is 0 Å². The second-order valence-corrected chi connectivity index (χ2v) is 4.59. The fraction of sp³-hybridized carbons (Fsp3) is 0.500. The standard InChI is InChI=1S/C10H12ClN5O3/c11-1-4-6(17)7(18)10(19-4)16-3-15-5-8(12)13-2-14-9(5)16/h2-4,6-7,10,17-18H,1H2,(H2,12,13,14)/t4-,6-,7?,10-/m1/s1. The van der Waals surface area contributed by atoms with Gasteiger partial charge in [-0.05, 0) is 0 Å². The highest BCUT2D eigenvalue weighted by Gasteiger charge is 2.43. The molecule has 0 aromatic carbocycles. The van der Waals surface area contributed by atoms with Crippen LogP contribution in [0.25, 0.3) is 11.2 Å². The number of hydrogen-bond acceptors (Lipinski definition) is 7. The van der Waals surface area contributed by atoms with E-state index in [0.29, 0.717) is 11.2 Å². The van der Waals surface area contributed by atoms with E-state index in [4.69, 9.17) is 22.1 Å². The maximum absolute atomic E-state index is 10.0. The van der Waals surface area contributed by atoms with Gasteiger partial charge in [-0.15, -0.1) is 11.6 Å². The van der Waals surface area contributed by atoms with Crippen LogP contribution >= 0.6 is 11.6 Å². The molecule has 1 unspecified atom stereocenters. The minimum absolute atomic E-state index is 0.0818. The van der Waals surface area contributed by atoms with E-state index in [0.717, 1.165) is 0 Å². The molecule has 19 heavy (non-hydrogen) atoms. The van der Waals surface area contributed by atoms with E-state index in [1.165, 1.54) is 17.2 Å². The summed E-state index contributed by atoms with van der Waals surface area (Å²) in [6.07, 6.45) is -0.882. The Bertz CT molecular complexity index is 606. The summed E-state index contributed by atoms with van der Waals surface area (Å²) in [4.78, 5) is 12.0. The number of aliphatic hydroxyl groups is 2. The number of fused-ring (bicyclic) bond motifs is 1. The molecule has 1 aliphatic heterocycles. The number of nitrogen functional groups attached to an aromatic ring is 1. The van der Waals surface area contributed by atoms with Crippen LogP contribution in [0.15, 0.2) is 12.7 Å². The number of rotatable bonds is 2. The highest BCUT2D eigenvalue weighted by molar-refractivity contribution is 6.18. The molecule has 1 fully saturated rings. The predicted molar refractivity (Wildman–Crippen MR) is 66.4 cm³/mol. The second kappa shape index (κ2) is 4.57. The molecule has 8 nitrogen and oxygen atoms in total. The predicted octanol–water partition coefficient (Wildman–Crippen LogP) is -0.734. The molecule has 4 atom stereocenters. The van der Waals surface area contributed by atoms with E-state index in [1.54, 1.807) is 0 Å². The number of nitrogens with two attached hydrogens (primary N) is 1. The molecule has 3 heterocycles. The maximum Gasteiger partial charge on any atom is 0.167 e. The molecule has 2 aromatic rings. The van der Waals surface area contributed by atoms with E-state index in [2.05, 4.69) is 15.0 Å². The third-order valence-corrected chi connectivity index (χ3v) is 3.45. The zero-order valence-electron chi connectivity index (χ0n) is 9.72. The fourth-order valence-electron chi connectivity index (χ4n) is 2.14. The molecule has 3 rings (SSSR count). The van der Waals surface area contributed by atoms with Gasteiger partial charge in [0.05, 0.1) is 12.2 Å². The Morgan fingerprint density at radius 1 is 1.32 bits per heavy atom. The summed E-state index contributed by atoms with van der Waals surface area (Å²) in [5.74, 6) is 0.323. The van der Waals surface area contributed by atoms with Crippen molar-refractivity contribution in [1.29, 1.82) is 0 Å². The number of aliphatic hydroxyl groups excluding tert-OH is 2. The number of halogens is 1. The molecule has 9 heteroatoms. The second-order valence-electron chi connectivity index (χ2n) is 4.28. The third kappa shape index (κ3) is 1.84. The lowest BCUT2D eigenvalue weighted by Gasteiger charge is -2.16. The molecule has 2 aromatic heterocycles. The SMILES string of the molecule is Nc1ncnc2c1ncn2[C@@H]1O[C@H](CCl)[C@@H](O)C1O. The van der Waals surface area contributed by atoms with Crippen molar-refractivity contribution in [3.05, 3.63) is 12.7 Å². The maximum atomic E-state index is 10.0. The van der Waals surface area contributed by atoms with Crippen LogP contribution in [0.3, 0.4) is 0 Å². The van der Waals surface area contributed by atoms with Gasteiger partial charge in [0.15, 0.2) is 17.7 Å². The van der Waals surface area contributed by atoms with E-state index in [9.17, 15) is 10.2 Å². The van der Waals surface area contributed by atoms with Crippen molar-refractivity contribution in [2.45, 2.75) is 24.5 Å². The first-order valence-electron chi connectivity index (χ1n) is 5.64. The molecule has 1 aliphatic rings. The molecule has 102 valence electrons. The van der Waals surface area contributed by atoms with Crippen LogP contribution in [0.2, 0.25) is 0 Å². The number of imidazole rings is 1. The van der Waals surface area contributed by atoms with Gasteiger partial charge in [0.1, 0.15) is 30.2 Å². The molecule has 4 N–H and O–H groups in total. The summed E-state index contributed by atoms with van der Waals surface area (Å²) in [6, 6.07) is 0.